The molecule has 3 nitrogen and oxygen atoms in total. The maximum Gasteiger partial charge on any atom is 0.222 e. The van der Waals surface area contributed by atoms with E-state index in [1.807, 2.05) is 6.92 Å². The summed E-state index contributed by atoms with van der Waals surface area (Å²) in [6.45, 7) is 2.67. The van der Waals surface area contributed by atoms with E-state index in [-0.39, 0.29) is 28.8 Å². The van der Waals surface area contributed by atoms with E-state index in [0.29, 0.717) is 18.5 Å². The van der Waals surface area contributed by atoms with Gasteiger partial charge in [0.1, 0.15) is 5.82 Å². The quantitative estimate of drug-likeness (QED) is 0.926. The third kappa shape index (κ3) is 3.30. The summed E-state index contributed by atoms with van der Waals surface area (Å²) in [4.78, 5) is 13.2. The zero-order chi connectivity index (χ0) is 14.7. The van der Waals surface area contributed by atoms with E-state index < -0.39 is 0 Å². The summed E-state index contributed by atoms with van der Waals surface area (Å²) in [7, 11) is 1.80. The van der Waals surface area contributed by atoms with Crippen LogP contribution in [-0.2, 0) is 4.79 Å². The number of amides is 1. The lowest BCUT2D eigenvalue weighted by molar-refractivity contribution is -0.132. The summed E-state index contributed by atoms with van der Waals surface area (Å²) < 4.78 is 14.1. The third-order valence-corrected chi connectivity index (χ3v) is 4.12. The lowest BCUT2D eigenvalue weighted by Gasteiger charge is -2.33. The zero-order valence-electron chi connectivity index (χ0n) is 11.8. The van der Waals surface area contributed by atoms with E-state index in [0.717, 1.165) is 12.8 Å². The van der Waals surface area contributed by atoms with E-state index in [1.54, 1.807) is 30.1 Å². The van der Waals surface area contributed by atoms with Gasteiger partial charge >= 0.3 is 0 Å². The molecule has 0 bridgehead atoms. The molecular weight excluding hydrogens is 279 g/mol. The van der Waals surface area contributed by atoms with E-state index in [9.17, 15) is 9.18 Å². The molecule has 1 amide bonds. The summed E-state index contributed by atoms with van der Waals surface area (Å²) >= 11 is 5.84. The predicted molar refractivity (Wildman–Crippen MR) is 78.2 cm³/mol. The molecule has 1 fully saturated rings. The lowest BCUT2D eigenvalue weighted by Crippen LogP contribution is -2.47. The van der Waals surface area contributed by atoms with Crippen LogP contribution in [0.25, 0.3) is 0 Å². The van der Waals surface area contributed by atoms with Crippen LogP contribution in [0.5, 0.6) is 0 Å². The van der Waals surface area contributed by atoms with Gasteiger partial charge in [-0.25, -0.2) is 4.39 Å². The molecule has 0 spiro atoms. The monoisotopic (exact) mass is 298 g/mol. The summed E-state index contributed by atoms with van der Waals surface area (Å²) in [6.07, 6.45) is 2.11. The first-order valence-corrected chi connectivity index (χ1v) is 7.34. The second-order valence-corrected chi connectivity index (χ2v) is 5.69. The van der Waals surface area contributed by atoms with E-state index in [2.05, 4.69) is 5.32 Å². The number of rotatable bonds is 4. The van der Waals surface area contributed by atoms with Crippen molar-refractivity contribution in [2.45, 2.75) is 38.3 Å². The number of piperidine rings is 1. The first-order chi connectivity index (χ1) is 9.52. The molecule has 0 aliphatic carbocycles. The summed E-state index contributed by atoms with van der Waals surface area (Å²) in [5, 5.41) is 3.60. The Kier molecular flexibility index (Phi) is 5.00. The van der Waals surface area contributed by atoms with Crippen LogP contribution in [0.4, 0.5) is 4.39 Å². The molecule has 20 heavy (non-hydrogen) atoms. The van der Waals surface area contributed by atoms with Crippen molar-refractivity contribution >= 4 is 17.5 Å². The average Bonchev–Trinajstić information content (AvgIpc) is 2.43. The Morgan fingerprint density at radius 3 is 2.95 bits per heavy atom. The highest BCUT2D eigenvalue weighted by Gasteiger charge is 2.26. The van der Waals surface area contributed by atoms with Gasteiger partial charge < -0.3 is 10.2 Å². The van der Waals surface area contributed by atoms with E-state index in [1.165, 1.54) is 0 Å². The van der Waals surface area contributed by atoms with Gasteiger partial charge in [0.05, 0.1) is 5.02 Å². The van der Waals surface area contributed by atoms with Crippen molar-refractivity contribution in [3.63, 3.8) is 0 Å². The van der Waals surface area contributed by atoms with Crippen molar-refractivity contribution in [1.29, 1.82) is 0 Å². The van der Waals surface area contributed by atoms with Crippen molar-refractivity contribution in [3.05, 3.63) is 34.6 Å². The molecule has 0 aromatic heterocycles. The van der Waals surface area contributed by atoms with E-state index >= 15 is 0 Å². The Balaban J connectivity index is 2.09. The van der Waals surface area contributed by atoms with Crippen LogP contribution in [0.15, 0.2) is 18.2 Å². The van der Waals surface area contributed by atoms with Crippen LogP contribution in [0.3, 0.4) is 0 Å². The van der Waals surface area contributed by atoms with Gasteiger partial charge in [-0.1, -0.05) is 30.7 Å². The molecule has 2 atom stereocenters. The summed E-state index contributed by atoms with van der Waals surface area (Å²) in [6, 6.07) is 5.20. The van der Waals surface area contributed by atoms with Crippen LogP contribution in [0, 0.1) is 5.82 Å². The fourth-order valence-corrected chi connectivity index (χ4v) is 2.83. The Hall–Kier alpha value is -1.13. The number of nitrogens with zero attached hydrogens (tertiary/aromatic N) is 1. The molecule has 1 aromatic carbocycles. The Morgan fingerprint density at radius 2 is 2.30 bits per heavy atom. The molecule has 1 N–H and O–H groups in total. The van der Waals surface area contributed by atoms with Crippen LogP contribution in [-0.4, -0.2) is 30.4 Å². The minimum absolute atomic E-state index is 0.0831. The number of likely N-dealkylation sites (tertiary alicyclic amines) is 1. The minimum Gasteiger partial charge on any atom is -0.344 e. The Bertz CT molecular complexity index is 495. The highest BCUT2D eigenvalue weighted by atomic mass is 35.5. The first-order valence-electron chi connectivity index (χ1n) is 6.96. The molecule has 1 saturated heterocycles. The maximum absolute atomic E-state index is 14.1. The molecule has 2 rings (SSSR count). The normalized spacial score (nSPS) is 21.1. The van der Waals surface area contributed by atoms with Gasteiger partial charge in [-0.15, -0.1) is 0 Å². The smallest absolute Gasteiger partial charge is 0.222 e. The molecule has 5 heteroatoms. The second kappa shape index (κ2) is 6.55. The highest BCUT2D eigenvalue weighted by Crippen LogP contribution is 2.26. The maximum atomic E-state index is 14.1. The van der Waals surface area contributed by atoms with Crippen LogP contribution in [0.1, 0.15) is 37.8 Å². The zero-order valence-corrected chi connectivity index (χ0v) is 12.6. The molecular formula is C15H20ClFN2O. The number of benzene rings is 1. The van der Waals surface area contributed by atoms with Crippen molar-refractivity contribution < 1.29 is 9.18 Å². The topological polar surface area (TPSA) is 32.3 Å². The fourth-order valence-electron chi connectivity index (χ4n) is 2.65. The van der Waals surface area contributed by atoms with Gasteiger partial charge in [-0.2, -0.15) is 0 Å². The van der Waals surface area contributed by atoms with Gasteiger partial charge in [0.2, 0.25) is 5.91 Å². The number of nitrogens with one attached hydrogen (secondary N) is 1. The van der Waals surface area contributed by atoms with Crippen molar-refractivity contribution in [2.24, 2.45) is 0 Å². The molecule has 0 radical (unpaired) electrons. The summed E-state index contributed by atoms with van der Waals surface area (Å²) in [5.74, 6) is -0.182. The summed E-state index contributed by atoms with van der Waals surface area (Å²) in [5.41, 5.74) is 0.597. The number of likely N-dealkylation sites (N-methyl/N-ethyl adjacent to an activating group) is 1. The molecule has 1 aromatic rings. The minimum atomic E-state index is -0.353. The number of halogens is 2. The first kappa shape index (κ1) is 15.3. The van der Waals surface area contributed by atoms with Crippen molar-refractivity contribution in [1.82, 2.24) is 10.2 Å². The second-order valence-electron chi connectivity index (χ2n) is 5.28. The standard InChI is InChI=1S/C15H20ClFN2O/c1-3-13(11-5-4-6-12(16)15(11)17)18-10-7-8-14(20)19(2)9-10/h4-6,10,13,18H,3,7-9H2,1-2H3. The molecule has 1 heterocycles. The number of hydrogen-bond acceptors (Lipinski definition) is 2. The SMILES string of the molecule is CCC(NC1CCC(=O)N(C)C1)c1cccc(Cl)c1F. The van der Waals surface area contributed by atoms with Gasteiger partial charge in [-0.05, 0) is 18.9 Å². The van der Waals surface area contributed by atoms with Crippen LogP contribution in [0.2, 0.25) is 5.02 Å². The third-order valence-electron chi connectivity index (χ3n) is 3.83. The van der Waals surface area contributed by atoms with Gasteiger partial charge in [0.25, 0.3) is 0 Å². The number of carbonyl (C=O) groups excluding carboxylic acids is 1. The van der Waals surface area contributed by atoms with Crippen LogP contribution < -0.4 is 5.32 Å². The molecule has 0 saturated carbocycles. The number of hydrogen-bond donors (Lipinski definition) is 1. The van der Waals surface area contributed by atoms with Crippen molar-refractivity contribution in [3.8, 4) is 0 Å². The molecule has 110 valence electrons. The van der Waals surface area contributed by atoms with Crippen molar-refractivity contribution in [2.75, 3.05) is 13.6 Å². The van der Waals surface area contributed by atoms with E-state index in [4.69, 9.17) is 11.6 Å². The van der Waals surface area contributed by atoms with Gasteiger partial charge in [0.15, 0.2) is 0 Å². The molecule has 1 aliphatic rings. The highest BCUT2D eigenvalue weighted by molar-refractivity contribution is 6.30. The fraction of sp³-hybridized carbons (Fsp3) is 0.533. The Labute approximate surface area is 124 Å². The predicted octanol–water partition coefficient (Wildman–Crippen LogP) is 3.14. The number of carbonyl (C=O) groups is 1. The van der Waals surface area contributed by atoms with Crippen LogP contribution >= 0.6 is 11.6 Å². The Morgan fingerprint density at radius 1 is 1.55 bits per heavy atom. The lowest BCUT2D eigenvalue weighted by atomic mass is 9.99. The molecule has 2 unspecified atom stereocenters. The van der Waals surface area contributed by atoms with Gasteiger partial charge in [0, 0.05) is 37.7 Å². The largest absolute Gasteiger partial charge is 0.344 e. The van der Waals surface area contributed by atoms with Gasteiger partial charge in [-0.3, -0.25) is 4.79 Å². The molecule has 1 aliphatic heterocycles. The average molecular weight is 299 g/mol.